The number of carbonyl (C=O) groups is 1. The molecule has 1 aromatic heterocycles. The minimum absolute atomic E-state index is 0.117. The second-order valence-corrected chi connectivity index (χ2v) is 7.31. The molecule has 2 rings (SSSR count). The van der Waals surface area contributed by atoms with Gasteiger partial charge in [0.05, 0.1) is 26.5 Å². The summed E-state index contributed by atoms with van der Waals surface area (Å²) in [5, 5.41) is 0.468. The minimum atomic E-state index is -1.31. The van der Waals surface area contributed by atoms with Gasteiger partial charge in [0, 0.05) is 13.1 Å². The van der Waals surface area contributed by atoms with Gasteiger partial charge >= 0.3 is 0 Å². The second kappa shape index (κ2) is 9.04. The Kier molecular flexibility index (Phi) is 7.06. The average molecular weight is 368 g/mol. The first-order valence-electron chi connectivity index (χ1n) is 8.07. The lowest BCUT2D eigenvalue weighted by atomic mass is 10.3. The monoisotopic (exact) mass is 367 g/mol. The van der Waals surface area contributed by atoms with E-state index in [1.54, 1.807) is 41.3 Å². The zero-order valence-electron chi connectivity index (χ0n) is 14.0. The van der Waals surface area contributed by atoms with Crippen LogP contribution >= 0.6 is 11.6 Å². The molecule has 2 aromatic rings. The Morgan fingerprint density at radius 3 is 2.42 bits per heavy atom. The van der Waals surface area contributed by atoms with Crippen molar-refractivity contribution in [1.29, 1.82) is 0 Å². The summed E-state index contributed by atoms with van der Waals surface area (Å²) in [6.45, 7) is 5.48. The quantitative estimate of drug-likeness (QED) is 0.690. The summed E-state index contributed by atoms with van der Waals surface area (Å²) in [6, 6.07) is 10.4. The fraction of sp³-hybridized carbons (Fsp3) is 0.389. The van der Waals surface area contributed by atoms with Crippen LogP contribution in [0, 0.1) is 0 Å². The highest BCUT2D eigenvalue weighted by Crippen LogP contribution is 2.22. The molecule has 6 heteroatoms. The highest BCUT2D eigenvalue weighted by molar-refractivity contribution is 7.84. The molecular weight excluding hydrogens is 346 g/mol. The van der Waals surface area contributed by atoms with E-state index in [0.29, 0.717) is 34.5 Å². The number of hydrogen-bond donors (Lipinski definition) is 0. The number of amides is 1. The lowest BCUT2D eigenvalue weighted by Gasteiger charge is -2.19. The van der Waals surface area contributed by atoms with Crippen molar-refractivity contribution in [2.24, 2.45) is 0 Å². The highest BCUT2D eigenvalue weighted by atomic mass is 35.5. The number of carbonyl (C=O) groups excluding carboxylic acids is 1. The Morgan fingerprint density at radius 2 is 1.79 bits per heavy atom. The maximum absolute atomic E-state index is 12.5. The number of nitrogens with zero attached hydrogens (tertiary/aromatic N) is 1. The molecule has 0 N–H and O–H groups in total. The van der Waals surface area contributed by atoms with Gasteiger partial charge in [-0.05, 0) is 37.1 Å². The Bertz CT molecular complexity index is 708. The predicted octanol–water partition coefficient (Wildman–Crippen LogP) is 4.50. The van der Waals surface area contributed by atoms with Crippen LogP contribution in [0.5, 0.6) is 0 Å². The van der Waals surface area contributed by atoms with Gasteiger partial charge in [-0.2, -0.15) is 0 Å². The van der Waals surface area contributed by atoms with E-state index in [-0.39, 0.29) is 11.7 Å². The summed E-state index contributed by atoms with van der Waals surface area (Å²) in [5.74, 6) is 0.888. The van der Waals surface area contributed by atoms with Crippen LogP contribution in [0.25, 0.3) is 0 Å². The Balaban J connectivity index is 2.08. The minimum Gasteiger partial charge on any atom is -0.455 e. The van der Waals surface area contributed by atoms with E-state index in [2.05, 4.69) is 0 Å². The van der Waals surface area contributed by atoms with E-state index in [0.717, 1.165) is 12.8 Å². The van der Waals surface area contributed by atoms with E-state index < -0.39 is 10.8 Å². The topological polar surface area (TPSA) is 50.5 Å². The van der Waals surface area contributed by atoms with Crippen molar-refractivity contribution in [1.82, 2.24) is 4.90 Å². The van der Waals surface area contributed by atoms with Gasteiger partial charge < -0.3 is 9.32 Å². The van der Waals surface area contributed by atoms with Crippen LogP contribution in [0.15, 0.2) is 45.7 Å². The van der Waals surface area contributed by atoms with Gasteiger partial charge in [0.15, 0.2) is 5.76 Å². The lowest BCUT2D eigenvalue weighted by molar-refractivity contribution is 0.0722. The molecule has 0 fully saturated rings. The summed E-state index contributed by atoms with van der Waals surface area (Å²) >= 11 is 6.07. The zero-order valence-corrected chi connectivity index (χ0v) is 15.5. The largest absolute Gasteiger partial charge is 0.455 e. The number of furan rings is 1. The molecule has 0 spiro atoms. The van der Waals surface area contributed by atoms with Crippen LogP contribution in [-0.4, -0.2) is 28.1 Å². The number of halogens is 1. The molecule has 1 amide bonds. The van der Waals surface area contributed by atoms with Gasteiger partial charge in [-0.15, -0.1) is 0 Å². The molecule has 0 unspecified atom stereocenters. The van der Waals surface area contributed by atoms with Gasteiger partial charge in [-0.25, -0.2) is 0 Å². The number of hydrogen-bond acceptors (Lipinski definition) is 3. The SMILES string of the molecule is CCCN(CCC)C(=O)c1ccc(C[S@](=O)c2ccccc2Cl)o1. The fourth-order valence-electron chi connectivity index (χ4n) is 2.42. The van der Waals surface area contributed by atoms with Crippen molar-refractivity contribution in [2.45, 2.75) is 37.3 Å². The van der Waals surface area contributed by atoms with E-state index in [4.69, 9.17) is 16.0 Å². The molecule has 1 heterocycles. The maximum atomic E-state index is 12.5. The average Bonchev–Trinajstić information content (AvgIpc) is 3.02. The highest BCUT2D eigenvalue weighted by Gasteiger charge is 2.19. The smallest absolute Gasteiger partial charge is 0.289 e. The van der Waals surface area contributed by atoms with Crippen molar-refractivity contribution >= 4 is 28.3 Å². The van der Waals surface area contributed by atoms with E-state index >= 15 is 0 Å². The Labute approximate surface area is 150 Å². The van der Waals surface area contributed by atoms with Crippen molar-refractivity contribution in [3.8, 4) is 0 Å². The molecule has 0 saturated heterocycles. The number of benzene rings is 1. The molecule has 0 bridgehead atoms. The van der Waals surface area contributed by atoms with Crippen LogP contribution in [0.2, 0.25) is 5.02 Å². The molecule has 1 aromatic carbocycles. The molecule has 0 saturated carbocycles. The number of rotatable bonds is 8. The molecule has 0 aliphatic rings. The summed E-state index contributed by atoms with van der Waals surface area (Å²) in [7, 11) is -1.31. The van der Waals surface area contributed by atoms with Crippen molar-refractivity contribution in [3.05, 3.63) is 52.9 Å². The van der Waals surface area contributed by atoms with Crippen LogP contribution in [0.1, 0.15) is 43.0 Å². The third kappa shape index (κ3) is 4.71. The molecule has 130 valence electrons. The van der Waals surface area contributed by atoms with Gasteiger partial charge in [-0.3, -0.25) is 9.00 Å². The predicted molar refractivity (Wildman–Crippen MR) is 96.8 cm³/mol. The Hall–Kier alpha value is -1.59. The zero-order chi connectivity index (χ0) is 17.5. The van der Waals surface area contributed by atoms with Gasteiger partial charge in [0.25, 0.3) is 5.91 Å². The summed E-state index contributed by atoms with van der Waals surface area (Å²) in [4.78, 5) is 14.8. The molecule has 0 radical (unpaired) electrons. The lowest BCUT2D eigenvalue weighted by Crippen LogP contribution is -2.32. The first-order chi connectivity index (χ1) is 11.6. The molecule has 0 aliphatic carbocycles. The van der Waals surface area contributed by atoms with Crippen molar-refractivity contribution in [2.75, 3.05) is 13.1 Å². The van der Waals surface area contributed by atoms with Crippen LogP contribution in [0.4, 0.5) is 0 Å². The third-order valence-corrected chi connectivity index (χ3v) is 5.34. The normalized spacial score (nSPS) is 12.1. The van der Waals surface area contributed by atoms with Crippen LogP contribution in [0.3, 0.4) is 0 Å². The second-order valence-electron chi connectivity index (χ2n) is 5.48. The van der Waals surface area contributed by atoms with E-state index in [1.165, 1.54) is 0 Å². The van der Waals surface area contributed by atoms with Gasteiger partial charge in [-0.1, -0.05) is 37.6 Å². The third-order valence-electron chi connectivity index (χ3n) is 3.50. The van der Waals surface area contributed by atoms with Crippen molar-refractivity contribution in [3.63, 3.8) is 0 Å². The maximum Gasteiger partial charge on any atom is 0.289 e. The first-order valence-corrected chi connectivity index (χ1v) is 9.77. The molecule has 0 aliphatic heterocycles. The summed E-state index contributed by atoms with van der Waals surface area (Å²) in [6.07, 6.45) is 1.80. The molecule has 24 heavy (non-hydrogen) atoms. The first kappa shape index (κ1) is 18.7. The Morgan fingerprint density at radius 1 is 1.12 bits per heavy atom. The summed E-state index contributed by atoms with van der Waals surface area (Å²) in [5.41, 5.74) is 0. The standard InChI is InChI=1S/C18H22ClNO3S/c1-3-11-20(12-4-2)18(21)16-10-9-14(23-16)13-24(22)17-8-6-5-7-15(17)19/h5-10H,3-4,11-13H2,1-2H3/t24-/m0/s1. The van der Waals surface area contributed by atoms with Crippen LogP contribution in [-0.2, 0) is 16.6 Å². The molecule has 1 atom stereocenters. The fourth-order valence-corrected chi connectivity index (χ4v) is 3.90. The van der Waals surface area contributed by atoms with Gasteiger partial charge in [0.1, 0.15) is 5.76 Å². The van der Waals surface area contributed by atoms with E-state index in [9.17, 15) is 9.00 Å². The van der Waals surface area contributed by atoms with E-state index in [1.807, 2.05) is 13.8 Å². The van der Waals surface area contributed by atoms with Crippen molar-refractivity contribution < 1.29 is 13.4 Å². The molecule has 4 nitrogen and oxygen atoms in total. The summed E-state index contributed by atoms with van der Waals surface area (Å²) < 4.78 is 18.0. The van der Waals surface area contributed by atoms with Crippen LogP contribution < -0.4 is 0 Å². The molecular formula is C18H22ClNO3S. The van der Waals surface area contributed by atoms with Gasteiger partial charge in [0.2, 0.25) is 0 Å².